The van der Waals surface area contributed by atoms with Crippen molar-refractivity contribution in [2.24, 2.45) is 27.6 Å². The van der Waals surface area contributed by atoms with Crippen molar-refractivity contribution in [1.29, 1.82) is 0 Å². The van der Waals surface area contributed by atoms with Gasteiger partial charge < -0.3 is 27.8 Å². The number of nitrogens with zero attached hydrogens (tertiary/aromatic N) is 1. The van der Waals surface area contributed by atoms with Gasteiger partial charge in [0, 0.05) is 44.0 Å². The van der Waals surface area contributed by atoms with Gasteiger partial charge in [0.25, 0.3) is 0 Å². The van der Waals surface area contributed by atoms with E-state index in [0.29, 0.717) is 6.42 Å². The number of halogens is 2. The first-order valence-electron chi connectivity index (χ1n) is 13.5. The van der Waals surface area contributed by atoms with Crippen molar-refractivity contribution in [3.8, 4) is 0 Å². The Balaban J connectivity index is 1.76. The Labute approximate surface area is 241 Å². The number of allylic oxidation sites excluding steroid dienone is 2. The minimum atomic E-state index is -0.912. The maximum atomic E-state index is 13.8. The lowest BCUT2D eigenvalue weighted by Crippen LogP contribution is -2.54. The van der Waals surface area contributed by atoms with E-state index in [-0.39, 0.29) is 43.3 Å². The van der Waals surface area contributed by atoms with Crippen LogP contribution in [-0.4, -0.2) is 49.2 Å². The van der Waals surface area contributed by atoms with Gasteiger partial charge >= 0.3 is 0 Å². The largest absolute Gasteiger partial charge is 0.355 e. The van der Waals surface area contributed by atoms with Crippen LogP contribution in [0.1, 0.15) is 43.9 Å². The number of nitrogens with two attached hydrogens (primary N) is 3. The van der Waals surface area contributed by atoms with E-state index in [0.717, 1.165) is 29.3 Å². The SMILES string of the molecule is CC=N/C=C\C=C\c1ccc(CC(N)C(N)C(=O)NCC(C)(C)CNC(=O)CC(N)Cc2cc(F)ccc2F)cc1. The predicted octanol–water partition coefficient (Wildman–Crippen LogP) is 3.00. The number of aliphatic imine (C=N–C) groups is 1. The molecule has 0 aliphatic rings. The summed E-state index contributed by atoms with van der Waals surface area (Å²) < 4.78 is 27.2. The molecule has 0 heterocycles. The molecule has 0 aromatic heterocycles. The first kappa shape index (κ1) is 33.5. The van der Waals surface area contributed by atoms with E-state index in [1.807, 2.05) is 63.3 Å². The Morgan fingerprint density at radius 1 is 0.976 bits per heavy atom. The van der Waals surface area contributed by atoms with E-state index in [4.69, 9.17) is 17.2 Å². The second-order valence-corrected chi connectivity index (χ2v) is 10.8. The summed E-state index contributed by atoms with van der Waals surface area (Å²) >= 11 is 0. The lowest BCUT2D eigenvalue weighted by Gasteiger charge is -2.27. The third-order valence-corrected chi connectivity index (χ3v) is 6.38. The fourth-order valence-corrected chi connectivity index (χ4v) is 3.92. The summed E-state index contributed by atoms with van der Waals surface area (Å²) in [5.41, 5.74) is 20.0. The molecule has 3 atom stereocenters. The second kappa shape index (κ2) is 16.5. The third-order valence-electron chi connectivity index (χ3n) is 6.38. The zero-order valence-electron chi connectivity index (χ0n) is 23.9. The van der Waals surface area contributed by atoms with Gasteiger partial charge in [0.05, 0.1) is 6.04 Å². The first-order chi connectivity index (χ1) is 19.4. The molecule has 0 spiro atoms. The molecule has 2 rings (SSSR count). The van der Waals surface area contributed by atoms with E-state index in [1.54, 1.807) is 12.4 Å². The van der Waals surface area contributed by atoms with Crippen molar-refractivity contribution in [1.82, 2.24) is 10.6 Å². The first-order valence-corrected chi connectivity index (χ1v) is 13.5. The molecule has 0 aliphatic heterocycles. The number of benzene rings is 2. The second-order valence-electron chi connectivity index (χ2n) is 10.8. The number of hydrogen-bond donors (Lipinski definition) is 5. The normalized spacial score (nSPS) is 14.4. The molecule has 41 heavy (non-hydrogen) atoms. The van der Waals surface area contributed by atoms with Crippen molar-refractivity contribution in [3.63, 3.8) is 0 Å². The number of carbonyl (C=O) groups excluding carboxylic acids is 2. The highest BCUT2D eigenvalue weighted by atomic mass is 19.1. The van der Waals surface area contributed by atoms with Gasteiger partial charge in [0.2, 0.25) is 11.8 Å². The zero-order chi connectivity index (χ0) is 30.4. The molecule has 8 N–H and O–H groups in total. The molecule has 3 unspecified atom stereocenters. The predicted molar refractivity (Wildman–Crippen MR) is 161 cm³/mol. The van der Waals surface area contributed by atoms with Crippen LogP contribution in [0.3, 0.4) is 0 Å². The molecule has 0 bridgehead atoms. The van der Waals surface area contributed by atoms with Crippen LogP contribution < -0.4 is 27.8 Å². The zero-order valence-corrected chi connectivity index (χ0v) is 23.9. The van der Waals surface area contributed by atoms with Gasteiger partial charge in [-0.1, -0.05) is 50.3 Å². The third kappa shape index (κ3) is 12.5. The molecule has 222 valence electrons. The highest BCUT2D eigenvalue weighted by molar-refractivity contribution is 5.82. The van der Waals surface area contributed by atoms with Crippen molar-refractivity contribution >= 4 is 24.1 Å². The number of hydrogen-bond acceptors (Lipinski definition) is 6. The van der Waals surface area contributed by atoms with Crippen LogP contribution in [-0.2, 0) is 22.4 Å². The molecule has 0 saturated heterocycles. The highest BCUT2D eigenvalue weighted by Gasteiger charge is 2.25. The summed E-state index contributed by atoms with van der Waals surface area (Å²) in [4.78, 5) is 29.0. The lowest BCUT2D eigenvalue weighted by atomic mass is 9.92. The summed E-state index contributed by atoms with van der Waals surface area (Å²) in [6.45, 7) is 6.12. The lowest BCUT2D eigenvalue weighted by molar-refractivity contribution is -0.123. The Morgan fingerprint density at radius 2 is 1.66 bits per heavy atom. The smallest absolute Gasteiger partial charge is 0.238 e. The number of nitrogens with one attached hydrogen (secondary N) is 2. The molecule has 2 aromatic rings. The van der Waals surface area contributed by atoms with Gasteiger partial charge in [-0.3, -0.25) is 14.6 Å². The van der Waals surface area contributed by atoms with Crippen LogP contribution in [0.5, 0.6) is 0 Å². The van der Waals surface area contributed by atoms with Gasteiger partial charge in [-0.15, -0.1) is 0 Å². The van der Waals surface area contributed by atoms with Gasteiger partial charge in [-0.05, 0) is 66.1 Å². The number of rotatable bonds is 15. The van der Waals surface area contributed by atoms with Crippen LogP contribution >= 0.6 is 0 Å². The molecule has 10 heteroatoms. The van der Waals surface area contributed by atoms with Crippen LogP contribution in [0.4, 0.5) is 8.78 Å². The van der Waals surface area contributed by atoms with Crippen LogP contribution in [0.2, 0.25) is 0 Å². The van der Waals surface area contributed by atoms with Gasteiger partial charge in [0.15, 0.2) is 0 Å². The maximum absolute atomic E-state index is 13.8. The van der Waals surface area contributed by atoms with E-state index in [2.05, 4.69) is 15.6 Å². The van der Waals surface area contributed by atoms with Crippen LogP contribution in [0.25, 0.3) is 6.08 Å². The number of amides is 2. The maximum Gasteiger partial charge on any atom is 0.238 e. The summed E-state index contributed by atoms with van der Waals surface area (Å²) in [6, 6.07) is 8.79. The van der Waals surface area contributed by atoms with E-state index in [9.17, 15) is 18.4 Å². The average molecular weight is 569 g/mol. The summed E-state index contributed by atoms with van der Waals surface area (Å²) in [6.07, 6.45) is 9.51. The molecule has 0 aliphatic carbocycles. The quantitative estimate of drug-likeness (QED) is 0.165. The molecule has 2 aromatic carbocycles. The van der Waals surface area contributed by atoms with Crippen molar-refractivity contribution in [3.05, 3.63) is 89.1 Å². The average Bonchev–Trinajstić information content (AvgIpc) is 2.93. The molecule has 0 saturated carbocycles. The summed E-state index contributed by atoms with van der Waals surface area (Å²) in [5, 5.41) is 5.61. The van der Waals surface area contributed by atoms with Gasteiger partial charge in [-0.2, -0.15) is 0 Å². The fourth-order valence-electron chi connectivity index (χ4n) is 3.92. The summed E-state index contributed by atoms with van der Waals surface area (Å²) in [7, 11) is 0. The van der Waals surface area contributed by atoms with E-state index in [1.165, 1.54) is 0 Å². The Bertz CT molecular complexity index is 1230. The fraction of sp³-hybridized carbons (Fsp3) is 0.387. The highest BCUT2D eigenvalue weighted by Crippen LogP contribution is 2.15. The monoisotopic (exact) mass is 568 g/mol. The Hall–Kier alpha value is -3.73. The minimum absolute atomic E-state index is 0.0302. The molecule has 0 fully saturated rings. The topological polar surface area (TPSA) is 149 Å². The molecular weight excluding hydrogens is 526 g/mol. The standard InChI is InChI=1S/C31H42F2N6O2/c1-4-37-14-6-5-7-21-8-10-22(11-9-21)15-27(35)29(36)30(41)39-20-31(2,3)19-38-28(40)18-25(34)17-23-16-24(32)12-13-26(23)33/h4-14,16,25,27,29H,15,17-20,34-36H2,1-3H3,(H,38,40)(H,39,41)/b7-5+,14-6-,37-4?. The van der Waals surface area contributed by atoms with Crippen molar-refractivity contribution in [2.75, 3.05) is 13.1 Å². The Kier molecular flexibility index (Phi) is 13.5. The van der Waals surface area contributed by atoms with E-state index < -0.39 is 35.2 Å². The number of carbonyl (C=O) groups is 2. The Morgan fingerprint density at radius 3 is 2.34 bits per heavy atom. The van der Waals surface area contributed by atoms with Gasteiger partial charge in [0.1, 0.15) is 11.6 Å². The molecular formula is C31H42F2N6O2. The van der Waals surface area contributed by atoms with E-state index >= 15 is 0 Å². The van der Waals surface area contributed by atoms with Gasteiger partial charge in [-0.25, -0.2) is 8.78 Å². The van der Waals surface area contributed by atoms with Crippen molar-refractivity contribution in [2.45, 2.75) is 58.2 Å². The molecule has 2 amide bonds. The molecule has 8 nitrogen and oxygen atoms in total. The minimum Gasteiger partial charge on any atom is -0.355 e. The molecule has 0 radical (unpaired) electrons. The summed E-state index contributed by atoms with van der Waals surface area (Å²) in [5.74, 6) is -1.83. The van der Waals surface area contributed by atoms with Crippen LogP contribution in [0, 0.1) is 17.0 Å². The van der Waals surface area contributed by atoms with Crippen molar-refractivity contribution < 1.29 is 18.4 Å². The van der Waals surface area contributed by atoms with Crippen LogP contribution in [0.15, 0.2) is 65.8 Å².